The number of hydrogen-bond donors (Lipinski definition) is 2. The van der Waals surface area contributed by atoms with Crippen molar-refractivity contribution in [2.24, 2.45) is 0 Å². The van der Waals surface area contributed by atoms with Crippen LogP contribution in [0.4, 0.5) is 5.82 Å². The van der Waals surface area contributed by atoms with Gasteiger partial charge in [0.1, 0.15) is 11.8 Å². The third kappa shape index (κ3) is 2.60. The lowest BCUT2D eigenvalue weighted by Gasteiger charge is -2.02. The number of nitrogens with one attached hydrogen (secondary N) is 2. The van der Waals surface area contributed by atoms with Crippen LogP contribution in [0.3, 0.4) is 0 Å². The predicted octanol–water partition coefficient (Wildman–Crippen LogP) is 2.48. The quantitative estimate of drug-likeness (QED) is 0.747. The minimum Gasteiger partial charge on any atom is -0.365 e. The van der Waals surface area contributed by atoms with Gasteiger partial charge in [0.2, 0.25) is 0 Å². The zero-order valence-corrected chi connectivity index (χ0v) is 10.2. The van der Waals surface area contributed by atoms with Gasteiger partial charge in [-0.25, -0.2) is 15.0 Å². The topological polar surface area (TPSA) is 66.5 Å². The monoisotopic (exact) mass is 251 g/mol. The third-order valence-corrected chi connectivity index (χ3v) is 2.72. The van der Waals surface area contributed by atoms with Crippen LogP contribution in [0.1, 0.15) is 5.56 Å². The van der Waals surface area contributed by atoms with Gasteiger partial charge in [0, 0.05) is 6.54 Å². The van der Waals surface area contributed by atoms with Crippen molar-refractivity contribution in [2.45, 2.75) is 0 Å². The Bertz CT molecular complexity index is 687. The average Bonchev–Trinajstić information content (AvgIpc) is 2.94. The maximum absolute atomic E-state index is 4.20. The number of nitrogens with zero attached hydrogens (tertiary/aromatic N) is 3. The molecule has 0 saturated heterocycles. The molecule has 0 atom stereocenters. The van der Waals surface area contributed by atoms with Gasteiger partial charge in [-0.1, -0.05) is 42.5 Å². The van der Waals surface area contributed by atoms with Crippen LogP contribution in [-0.4, -0.2) is 26.5 Å². The van der Waals surface area contributed by atoms with E-state index in [2.05, 4.69) is 49.5 Å². The molecule has 2 heterocycles. The molecular weight excluding hydrogens is 238 g/mol. The van der Waals surface area contributed by atoms with Crippen LogP contribution < -0.4 is 5.32 Å². The highest BCUT2D eigenvalue weighted by atomic mass is 15.1. The summed E-state index contributed by atoms with van der Waals surface area (Å²) in [6, 6.07) is 10.2. The molecule has 0 aliphatic carbocycles. The van der Waals surface area contributed by atoms with Crippen LogP contribution in [0.15, 0.2) is 49.1 Å². The first-order valence-electron chi connectivity index (χ1n) is 6.03. The number of imidazole rings is 1. The second-order valence-electron chi connectivity index (χ2n) is 4.02. The molecule has 2 aromatic heterocycles. The molecule has 1 aromatic carbocycles. The fourth-order valence-electron chi connectivity index (χ4n) is 1.81. The highest BCUT2D eigenvalue weighted by molar-refractivity contribution is 5.81. The van der Waals surface area contributed by atoms with E-state index in [-0.39, 0.29) is 0 Å². The molecule has 0 unspecified atom stereocenters. The van der Waals surface area contributed by atoms with Crippen molar-refractivity contribution in [1.29, 1.82) is 0 Å². The molecule has 3 rings (SSSR count). The van der Waals surface area contributed by atoms with Crippen molar-refractivity contribution >= 4 is 23.1 Å². The number of benzene rings is 1. The molecule has 5 heteroatoms. The molecular formula is C14H13N5. The summed E-state index contributed by atoms with van der Waals surface area (Å²) in [6.45, 7) is 0.694. The molecule has 0 fully saturated rings. The van der Waals surface area contributed by atoms with Gasteiger partial charge in [-0.15, -0.1) is 0 Å². The number of rotatable bonds is 4. The molecule has 3 aromatic rings. The Morgan fingerprint density at radius 1 is 1.11 bits per heavy atom. The molecule has 0 aliphatic heterocycles. The predicted molar refractivity (Wildman–Crippen MR) is 75.6 cm³/mol. The van der Waals surface area contributed by atoms with Crippen LogP contribution in [0, 0.1) is 0 Å². The smallest absolute Gasteiger partial charge is 0.182 e. The van der Waals surface area contributed by atoms with Gasteiger partial charge in [-0.2, -0.15) is 0 Å². The molecule has 0 saturated carbocycles. The molecule has 5 nitrogen and oxygen atoms in total. The standard InChI is InChI=1S/C14H13N5/c1-2-5-11(6-3-1)7-4-8-15-13-12-14(17-9-16-12)19-10-18-13/h1-7,9-10H,8H2,(H2,15,16,17,18,19)/b7-4+. The van der Waals surface area contributed by atoms with Gasteiger partial charge in [0.25, 0.3) is 0 Å². The SMILES string of the molecule is C(=C\c1ccccc1)/CNc1ncnc2nc[nH]c12. The van der Waals surface area contributed by atoms with Gasteiger partial charge in [-0.05, 0) is 5.56 Å². The van der Waals surface area contributed by atoms with Gasteiger partial charge in [0.05, 0.1) is 6.33 Å². The van der Waals surface area contributed by atoms with Crippen LogP contribution in [0.2, 0.25) is 0 Å². The Morgan fingerprint density at radius 2 is 2.00 bits per heavy atom. The number of aromatic nitrogens is 4. The van der Waals surface area contributed by atoms with Crippen molar-refractivity contribution in [3.05, 3.63) is 54.6 Å². The summed E-state index contributed by atoms with van der Waals surface area (Å²) < 4.78 is 0. The van der Waals surface area contributed by atoms with Crippen molar-refractivity contribution in [1.82, 2.24) is 19.9 Å². The first-order valence-corrected chi connectivity index (χ1v) is 6.03. The van der Waals surface area contributed by atoms with Gasteiger partial charge < -0.3 is 10.3 Å². The first kappa shape index (κ1) is 11.4. The lowest BCUT2D eigenvalue weighted by atomic mass is 10.2. The van der Waals surface area contributed by atoms with E-state index in [1.807, 2.05) is 18.2 Å². The minimum absolute atomic E-state index is 0.671. The van der Waals surface area contributed by atoms with Crippen molar-refractivity contribution < 1.29 is 0 Å². The zero-order valence-electron chi connectivity index (χ0n) is 10.2. The summed E-state index contributed by atoms with van der Waals surface area (Å²) >= 11 is 0. The summed E-state index contributed by atoms with van der Waals surface area (Å²) in [5, 5.41) is 3.23. The maximum atomic E-state index is 4.20. The maximum Gasteiger partial charge on any atom is 0.182 e. The first-order chi connectivity index (χ1) is 9.43. The number of fused-ring (bicyclic) bond motifs is 1. The van der Waals surface area contributed by atoms with Gasteiger partial charge >= 0.3 is 0 Å². The Balaban J connectivity index is 1.67. The van der Waals surface area contributed by atoms with Crippen LogP contribution in [0.5, 0.6) is 0 Å². The molecule has 2 N–H and O–H groups in total. The fourth-order valence-corrected chi connectivity index (χ4v) is 1.81. The van der Waals surface area contributed by atoms with E-state index in [9.17, 15) is 0 Å². The molecule has 19 heavy (non-hydrogen) atoms. The van der Waals surface area contributed by atoms with Gasteiger partial charge in [0.15, 0.2) is 11.5 Å². The van der Waals surface area contributed by atoms with Crippen molar-refractivity contribution in [3.63, 3.8) is 0 Å². The van der Waals surface area contributed by atoms with Crippen LogP contribution in [0.25, 0.3) is 17.2 Å². The molecule has 0 aliphatic rings. The summed E-state index contributed by atoms with van der Waals surface area (Å²) in [5.74, 6) is 0.764. The average molecular weight is 251 g/mol. The molecule has 94 valence electrons. The number of H-pyrrole nitrogens is 1. The largest absolute Gasteiger partial charge is 0.365 e. The number of aromatic amines is 1. The lowest BCUT2D eigenvalue weighted by Crippen LogP contribution is -2.01. The number of hydrogen-bond acceptors (Lipinski definition) is 4. The van der Waals surface area contributed by atoms with Crippen molar-refractivity contribution in [3.8, 4) is 0 Å². The Morgan fingerprint density at radius 3 is 2.89 bits per heavy atom. The highest BCUT2D eigenvalue weighted by Crippen LogP contribution is 2.13. The molecule has 0 bridgehead atoms. The van der Waals surface area contributed by atoms with E-state index in [1.54, 1.807) is 6.33 Å². The van der Waals surface area contributed by atoms with E-state index in [1.165, 1.54) is 11.9 Å². The highest BCUT2D eigenvalue weighted by Gasteiger charge is 2.03. The van der Waals surface area contributed by atoms with Crippen LogP contribution in [-0.2, 0) is 0 Å². The minimum atomic E-state index is 0.671. The molecule has 0 radical (unpaired) electrons. The number of anilines is 1. The van der Waals surface area contributed by atoms with E-state index in [0.717, 1.165) is 11.3 Å². The molecule has 0 spiro atoms. The fraction of sp³-hybridized carbons (Fsp3) is 0.0714. The molecule has 0 amide bonds. The zero-order chi connectivity index (χ0) is 12.9. The Labute approximate surface area is 110 Å². The van der Waals surface area contributed by atoms with Crippen molar-refractivity contribution in [2.75, 3.05) is 11.9 Å². The van der Waals surface area contributed by atoms with E-state index in [4.69, 9.17) is 0 Å². The summed E-state index contributed by atoms with van der Waals surface area (Å²) in [7, 11) is 0. The second-order valence-corrected chi connectivity index (χ2v) is 4.02. The normalized spacial score (nSPS) is 11.2. The second kappa shape index (κ2) is 5.30. The summed E-state index contributed by atoms with van der Waals surface area (Å²) in [6.07, 6.45) is 7.24. The summed E-state index contributed by atoms with van der Waals surface area (Å²) in [5.41, 5.74) is 2.68. The third-order valence-electron chi connectivity index (χ3n) is 2.72. The van der Waals surface area contributed by atoms with Crippen LogP contribution >= 0.6 is 0 Å². The van der Waals surface area contributed by atoms with E-state index >= 15 is 0 Å². The van der Waals surface area contributed by atoms with Gasteiger partial charge in [-0.3, -0.25) is 0 Å². The summed E-state index contributed by atoms with van der Waals surface area (Å²) in [4.78, 5) is 15.4. The Hall–Kier alpha value is -2.69. The van der Waals surface area contributed by atoms with E-state index in [0.29, 0.717) is 12.2 Å². The van der Waals surface area contributed by atoms with E-state index < -0.39 is 0 Å². The Kier molecular flexibility index (Phi) is 3.18. The lowest BCUT2D eigenvalue weighted by molar-refractivity contribution is 1.17.